The molecule has 0 radical (unpaired) electrons. The number of aromatic nitrogens is 3. The zero-order chi connectivity index (χ0) is 24.9. The molecule has 7 nitrogen and oxygen atoms in total. The first-order chi connectivity index (χ1) is 17.6. The summed E-state index contributed by atoms with van der Waals surface area (Å²) >= 11 is 0. The molecule has 0 unspecified atom stereocenters. The number of hydrogen-bond acceptors (Lipinski definition) is 5. The smallest absolute Gasteiger partial charge is 0.253 e. The van der Waals surface area contributed by atoms with E-state index in [9.17, 15) is 4.79 Å². The van der Waals surface area contributed by atoms with Gasteiger partial charge in [0.1, 0.15) is 5.82 Å². The van der Waals surface area contributed by atoms with Gasteiger partial charge in [0, 0.05) is 56.5 Å². The minimum Gasteiger partial charge on any atom is -0.363 e. The molecule has 2 heterocycles. The lowest BCUT2D eigenvalue weighted by atomic mass is 9.86. The Labute approximate surface area is 212 Å². The van der Waals surface area contributed by atoms with Crippen LogP contribution in [0.25, 0.3) is 10.9 Å². The van der Waals surface area contributed by atoms with Crippen molar-refractivity contribution in [3.05, 3.63) is 84.2 Å². The van der Waals surface area contributed by atoms with Crippen LogP contribution in [0.15, 0.2) is 73.1 Å². The molecule has 1 fully saturated rings. The van der Waals surface area contributed by atoms with E-state index in [0.717, 1.165) is 54.5 Å². The topological polar surface area (TPSA) is 75.1 Å². The van der Waals surface area contributed by atoms with Gasteiger partial charge >= 0.3 is 0 Å². The lowest BCUT2D eigenvalue weighted by Gasteiger charge is -2.29. The molecule has 7 heteroatoms. The van der Waals surface area contributed by atoms with Gasteiger partial charge in [-0.25, -0.2) is 4.98 Å². The molecule has 0 atom stereocenters. The van der Waals surface area contributed by atoms with Crippen LogP contribution in [0, 0.1) is 5.92 Å². The van der Waals surface area contributed by atoms with Crippen molar-refractivity contribution in [1.82, 2.24) is 19.9 Å². The number of para-hydroxylation sites is 1. The lowest BCUT2D eigenvalue weighted by molar-refractivity contribution is 0.0944. The maximum atomic E-state index is 13.2. The summed E-state index contributed by atoms with van der Waals surface area (Å²) in [5, 5.41) is 7.71. The van der Waals surface area contributed by atoms with E-state index in [1.807, 2.05) is 67.7 Å². The molecular formula is C29H34N6O. The van der Waals surface area contributed by atoms with Crippen LogP contribution in [0.5, 0.6) is 0 Å². The minimum atomic E-state index is 0.00663. The van der Waals surface area contributed by atoms with Crippen molar-refractivity contribution in [3.63, 3.8) is 0 Å². The van der Waals surface area contributed by atoms with Gasteiger partial charge < -0.3 is 20.1 Å². The molecule has 2 aromatic heterocycles. The van der Waals surface area contributed by atoms with Gasteiger partial charge in [0.2, 0.25) is 5.95 Å². The predicted octanol–water partition coefficient (Wildman–Crippen LogP) is 4.95. The maximum absolute atomic E-state index is 13.2. The van der Waals surface area contributed by atoms with E-state index in [0.29, 0.717) is 24.5 Å². The third kappa shape index (κ3) is 5.51. The van der Waals surface area contributed by atoms with Crippen molar-refractivity contribution < 1.29 is 4.79 Å². The molecule has 0 saturated heterocycles. The predicted molar refractivity (Wildman–Crippen MR) is 146 cm³/mol. The monoisotopic (exact) mass is 482 g/mol. The summed E-state index contributed by atoms with van der Waals surface area (Å²) in [5.74, 6) is 2.07. The molecule has 1 aliphatic carbocycles. The van der Waals surface area contributed by atoms with Crippen LogP contribution in [0.3, 0.4) is 0 Å². The van der Waals surface area contributed by atoms with Crippen LogP contribution in [-0.4, -0.2) is 47.1 Å². The van der Waals surface area contributed by atoms with Gasteiger partial charge in [-0.15, -0.1) is 0 Å². The molecule has 2 aromatic carbocycles. The summed E-state index contributed by atoms with van der Waals surface area (Å²) in [5.41, 5.74) is 3.04. The van der Waals surface area contributed by atoms with Crippen molar-refractivity contribution in [3.8, 4) is 0 Å². The van der Waals surface area contributed by atoms with E-state index in [-0.39, 0.29) is 5.91 Å². The first kappa shape index (κ1) is 23.9. The second-order valence-corrected chi connectivity index (χ2v) is 9.88. The number of rotatable bonds is 8. The number of nitrogens with zero attached hydrogens (tertiary/aromatic N) is 4. The summed E-state index contributed by atoms with van der Waals surface area (Å²) in [4.78, 5) is 24.1. The van der Waals surface area contributed by atoms with Crippen LogP contribution in [-0.2, 0) is 6.54 Å². The van der Waals surface area contributed by atoms with E-state index < -0.39 is 0 Å². The van der Waals surface area contributed by atoms with Gasteiger partial charge in [0.25, 0.3) is 5.91 Å². The summed E-state index contributed by atoms with van der Waals surface area (Å²) in [7, 11) is 3.96. The van der Waals surface area contributed by atoms with E-state index in [1.54, 1.807) is 6.20 Å². The third-order valence-electron chi connectivity index (χ3n) is 7.06. The highest BCUT2D eigenvalue weighted by atomic mass is 16.1. The largest absolute Gasteiger partial charge is 0.363 e. The van der Waals surface area contributed by atoms with Crippen LogP contribution < -0.4 is 15.5 Å². The number of anilines is 2. The second-order valence-electron chi connectivity index (χ2n) is 9.88. The third-order valence-corrected chi connectivity index (χ3v) is 7.06. The highest BCUT2D eigenvalue weighted by Gasteiger charge is 2.23. The van der Waals surface area contributed by atoms with Crippen molar-refractivity contribution in [2.45, 2.75) is 38.3 Å². The number of benzene rings is 2. The number of nitrogens with one attached hydrogen (secondary N) is 2. The van der Waals surface area contributed by atoms with Crippen LogP contribution >= 0.6 is 0 Å². The number of carbonyl (C=O) groups is 1. The second kappa shape index (κ2) is 10.8. The Bertz CT molecular complexity index is 1310. The molecule has 1 aliphatic rings. The molecule has 1 amide bonds. The quantitative estimate of drug-likeness (QED) is 0.372. The summed E-state index contributed by atoms with van der Waals surface area (Å²) in [6.07, 6.45) is 8.03. The highest BCUT2D eigenvalue weighted by Crippen LogP contribution is 2.27. The maximum Gasteiger partial charge on any atom is 0.253 e. The fourth-order valence-electron chi connectivity index (χ4n) is 5.03. The number of fused-ring (bicyclic) bond motifs is 1. The molecule has 0 spiro atoms. The molecule has 186 valence electrons. The van der Waals surface area contributed by atoms with Crippen molar-refractivity contribution in [2.75, 3.05) is 30.9 Å². The molecule has 36 heavy (non-hydrogen) atoms. The van der Waals surface area contributed by atoms with E-state index in [2.05, 4.69) is 43.4 Å². The fourth-order valence-corrected chi connectivity index (χ4v) is 5.03. The number of amides is 1. The highest BCUT2D eigenvalue weighted by molar-refractivity contribution is 6.07. The Morgan fingerprint density at radius 1 is 1.00 bits per heavy atom. The van der Waals surface area contributed by atoms with Crippen molar-refractivity contribution in [2.24, 2.45) is 5.92 Å². The molecule has 2 N–H and O–H groups in total. The van der Waals surface area contributed by atoms with E-state index in [1.165, 1.54) is 5.56 Å². The van der Waals surface area contributed by atoms with Crippen LogP contribution in [0.1, 0.15) is 41.6 Å². The van der Waals surface area contributed by atoms with Gasteiger partial charge in [-0.3, -0.25) is 4.79 Å². The first-order valence-corrected chi connectivity index (χ1v) is 12.7. The van der Waals surface area contributed by atoms with Gasteiger partial charge in [0.05, 0.1) is 5.56 Å². The van der Waals surface area contributed by atoms with Gasteiger partial charge in [-0.2, -0.15) is 4.98 Å². The minimum absolute atomic E-state index is 0.00663. The first-order valence-electron chi connectivity index (χ1n) is 12.7. The average Bonchev–Trinajstić information content (AvgIpc) is 3.27. The van der Waals surface area contributed by atoms with Gasteiger partial charge in [-0.05, 0) is 49.3 Å². The Balaban J connectivity index is 1.17. The molecule has 1 saturated carbocycles. The Morgan fingerprint density at radius 3 is 2.53 bits per heavy atom. The van der Waals surface area contributed by atoms with Gasteiger partial charge in [-0.1, -0.05) is 48.5 Å². The zero-order valence-electron chi connectivity index (χ0n) is 21.0. The van der Waals surface area contributed by atoms with Crippen molar-refractivity contribution in [1.29, 1.82) is 0 Å². The average molecular weight is 483 g/mol. The summed E-state index contributed by atoms with van der Waals surface area (Å²) in [6, 6.07) is 20.8. The molecule has 4 aromatic rings. The Kier molecular flexibility index (Phi) is 7.16. The normalized spacial score (nSPS) is 17.6. The van der Waals surface area contributed by atoms with Crippen molar-refractivity contribution >= 4 is 28.6 Å². The SMILES string of the molecule is CN(C)c1ccnc(N[C@H]2CC[C@@H](CNC(=O)c3cn(Cc4ccccc4)c4ccccc34)CC2)n1. The standard InChI is InChI=1S/C29H34N6O/c1-34(2)27-16-17-30-29(33-27)32-23-14-12-21(13-15-23)18-31-28(36)25-20-35(19-22-8-4-3-5-9-22)26-11-7-6-10-24(25)26/h3-11,16-17,20-21,23H,12-15,18-19H2,1-2H3,(H,31,36)(H,30,32,33)/t21-,23+. The van der Waals surface area contributed by atoms with E-state index >= 15 is 0 Å². The summed E-state index contributed by atoms with van der Waals surface area (Å²) in [6.45, 7) is 1.45. The molecule has 0 aliphatic heterocycles. The van der Waals surface area contributed by atoms with Crippen LogP contribution in [0.4, 0.5) is 11.8 Å². The van der Waals surface area contributed by atoms with E-state index in [4.69, 9.17) is 0 Å². The molecular weight excluding hydrogens is 448 g/mol. The van der Waals surface area contributed by atoms with Crippen LogP contribution in [0.2, 0.25) is 0 Å². The lowest BCUT2D eigenvalue weighted by Crippen LogP contribution is -2.34. The number of carbonyl (C=O) groups excluding carboxylic acids is 1. The molecule has 5 rings (SSSR count). The number of hydrogen-bond donors (Lipinski definition) is 2. The zero-order valence-corrected chi connectivity index (χ0v) is 21.0. The summed E-state index contributed by atoms with van der Waals surface area (Å²) < 4.78 is 2.17. The Morgan fingerprint density at radius 2 is 1.75 bits per heavy atom. The van der Waals surface area contributed by atoms with Gasteiger partial charge in [0.15, 0.2) is 0 Å². The Hall–Kier alpha value is -3.87. The fraction of sp³-hybridized carbons (Fsp3) is 0.345. The molecule has 0 bridgehead atoms.